The normalized spacial score (nSPS) is 14.5. The van der Waals surface area contributed by atoms with Gasteiger partial charge >= 0.3 is 33.6 Å². The van der Waals surface area contributed by atoms with Crippen molar-refractivity contribution >= 4 is 33.6 Å². The third kappa shape index (κ3) is 52.2. The van der Waals surface area contributed by atoms with E-state index in [2.05, 4.69) is 51.5 Å². The Balaban J connectivity index is 4.79. The van der Waals surface area contributed by atoms with Gasteiger partial charge in [0.25, 0.3) is 0 Å². The monoisotopic (exact) mass is 1210 g/mol. The zero-order chi connectivity index (χ0) is 60.5. The number of hydrogen-bond donors (Lipinski definition) is 2. The standard InChI is InChI=1S/C63H122N2O15P2/c1-9-15-19-23-25-27-29-33-37-41-61(66)79-59(39-35-31-21-17-11-3)43-49-71-53-57(7)55-77-81(69,73-47-13-5)75-51-45-64-63(68)65-46-52-76-82(70,74-48-14-6)78-56-58(8)54-72-50-44-60(40-36-32-22-18-12-4)80-62(67)42-38-34-30-28-26-24-20-16-10-2/h13-14,57-60H,5-6,9-12,15-56H2,1-4,7-8H3,(H2,64,65,68)/t57-,58-,59-,60-,81?,82?/m1/s1. The van der Waals surface area contributed by atoms with Crippen molar-refractivity contribution in [3.63, 3.8) is 0 Å². The van der Waals surface area contributed by atoms with E-state index in [0.29, 0.717) is 52.1 Å². The molecular formula is C63H122N2O15P2. The maximum Gasteiger partial charge on any atom is 0.475 e. The molecule has 0 aromatic rings. The van der Waals surface area contributed by atoms with Crippen molar-refractivity contribution in [2.75, 3.05) is 79.2 Å². The Kier molecular flexibility index (Phi) is 56.3. The van der Waals surface area contributed by atoms with Gasteiger partial charge < -0.3 is 29.6 Å². The molecule has 0 radical (unpaired) electrons. The van der Waals surface area contributed by atoms with Crippen LogP contribution in [0.4, 0.5) is 4.79 Å². The van der Waals surface area contributed by atoms with Gasteiger partial charge in [0.1, 0.15) is 12.2 Å². The van der Waals surface area contributed by atoms with Gasteiger partial charge in [-0.05, 0) is 38.5 Å². The number of phosphoric ester groups is 2. The van der Waals surface area contributed by atoms with Crippen LogP contribution in [0.2, 0.25) is 0 Å². The predicted octanol–water partition coefficient (Wildman–Crippen LogP) is 17.4. The zero-order valence-corrected chi connectivity index (χ0v) is 54.7. The van der Waals surface area contributed by atoms with Crippen molar-refractivity contribution in [3.8, 4) is 0 Å². The van der Waals surface area contributed by atoms with Crippen LogP contribution < -0.4 is 10.6 Å². The SMILES string of the molecule is C=CCOP(=O)(OCCNC(=O)NCCOP(=O)(OCC=C)OC[C@H](C)COCC[C@@H](CCCCCCC)OC(=O)CCCCCCCCCCC)OC[C@H](C)COCC[C@@H](CCCCCCC)OC(=O)CCCCCCCCCCC. The first kappa shape index (κ1) is 79.8. The van der Waals surface area contributed by atoms with Crippen LogP contribution in [0.3, 0.4) is 0 Å². The highest BCUT2D eigenvalue weighted by Gasteiger charge is 2.29. The molecule has 2 unspecified atom stereocenters. The molecule has 0 spiro atoms. The number of urea groups is 1. The molecule has 0 aromatic carbocycles. The lowest BCUT2D eigenvalue weighted by Crippen LogP contribution is -2.38. The number of rotatable bonds is 64. The number of nitrogens with one attached hydrogen (secondary N) is 2. The van der Waals surface area contributed by atoms with Gasteiger partial charge in [0.05, 0.1) is 66.1 Å². The molecule has 17 nitrogen and oxygen atoms in total. The molecule has 0 aliphatic heterocycles. The quantitative estimate of drug-likeness (QED) is 0.0252. The first-order valence-corrected chi connectivity index (χ1v) is 35.6. The smallest absolute Gasteiger partial charge is 0.462 e. The van der Waals surface area contributed by atoms with E-state index in [1.54, 1.807) is 0 Å². The fourth-order valence-corrected chi connectivity index (χ4v) is 11.4. The largest absolute Gasteiger partial charge is 0.475 e. The Morgan fingerprint density at radius 1 is 0.402 bits per heavy atom. The van der Waals surface area contributed by atoms with Gasteiger partial charge in [0.15, 0.2) is 0 Å². The van der Waals surface area contributed by atoms with Crippen molar-refractivity contribution in [3.05, 3.63) is 25.3 Å². The molecule has 0 aromatic heterocycles. The molecule has 0 aliphatic carbocycles. The minimum atomic E-state index is -4.03. The van der Waals surface area contributed by atoms with Crippen LogP contribution in [0, 0.1) is 11.8 Å². The Morgan fingerprint density at radius 3 is 1.05 bits per heavy atom. The summed E-state index contributed by atoms with van der Waals surface area (Å²) in [5.74, 6) is -0.596. The summed E-state index contributed by atoms with van der Waals surface area (Å²) < 4.78 is 84.0. The van der Waals surface area contributed by atoms with E-state index in [0.717, 1.165) is 77.0 Å². The average Bonchev–Trinajstić information content (AvgIpc) is 3.51. The minimum absolute atomic E-state index is 0.0207. The van der Waals surface area contributed by atoms with E-state index in [1.807, 2.05) is 13.8 Å². The summed E-state index contributed by atoms with van der Waals surface area (Å²) in [6.07, 6.45) is 39.0. The summed E-state index contributed by atoms with van der Waals surface area (Å²) in [6, 6.07) is -0.575. The van der Waals surface area contributed by atoms with Crippen molar-refractivity contribution in [2.45, 2.75) is 272 Å². The molecule has 82 heavy (non-hydrogen) atoms. The molecule has 0 heterocycles. The van der Waals surface area contributed by atoms with E-state index >= 15 is 0 Å². The third-order valence-electron chi connectivity index (χ3n) is 13.8. The van der Waals surface area contributed by atoms with E-state index in [9.17, 15) is 23.5 Å². The highest BCUT2D eigenvalue weighted by atomic mass is 31.2. The van der Waals surface area contributed by atoms with Crippen molar-refractivity contribution in [2.24, 2.45) is 11.8 Å². The summed E-state index contributed by atoms with van der Waals surface area (Å²) in [7, 11) is -8.06. The second-order valence-electron chi connectivity index (χ2n) is 22.2. The van der Waals surface area contributed by atoms with E-state index < -0.39 is 21.7 Å². The van der Waals surface area contributed by atoms with Crippen LogP contribution in [0.15, 0.2) is 25.3 Å². The second-order valence-corrected chi connectivity index (χ2v) is 25.6. The van der Waals surface area contributed by atoms with Crippen LogP contribution in [-0.4, -0.2) is 109 Å². The van der Waals surface area contributed by atoms with Crippen LogP contribution in [-0.2, 0) is 64.8 Å². The van der Waals surface area contributed by atoms with Crippen molar-refractivity contribution in [1.82, 2.24) is 10.6 Å². The van der Waals surface area contributed by atoms with Crippen molar-refractivity contribution in [1.29, 1.82) is 0 Å². The summed E-state index contributed by atoms with van der Waals surface area (Å²) in [4.78, 5) is 38.2. The van der Waals surface area contributed by atoms with Gasteiger partial charge in [-0.15, -0.1) is 13.2 Å². The number of ether oxygens (including phenoxy) is 4. The molecule has 19 heteroatoms. The van der Waals surface area contributed by atoms with Crippen LogP contribution in [0.25, 0.3) is 0 Å². The first-order chi connectivity index (χ1) is 39.8. The lowest BCUT2D eigenvalue weighted by Gasteiger charge is -2.21. The molecule has 0 saturated carbocycles. The Labute approximate surface area is 500 Å². The Morgan fingerprint density at radius 2 is 0.720 bits per heavy atom. The topological polar surface area (TPSA) is 202 Å². The molecular weight excluding hydrogens is 1090 g/mol. The summed E-state index contributed by atoms with van der Waals surface area (Å²) in [5, 5.41) is 5.22. The van der Waals surface area contributed by atoms with E-state index in [1.165, 1.54) is 128 Å². The highest BCUT2D eigenvalue weighted by molar-refractivity contribution is 7.48. The summed E-state index contributed by atoms with van der Waals surface area (Å²) >= 11 is 0. The molecule has 484 valence electrons. The summed E-state index contributed by atoms with van der Waals surface area (Å²) in [6.45, 7) is 20.8. The lowest BCUT2D eigenvalue weighted by atomic mass is 10.1. The zero-order valence-electron chi connectivity index (χ0n) is 52.9. The number of hydrogen-bond acceptors (Lipinski definition) is 15. The van der Waals surface area contributed by atoms with Crippen LogP contribution in [0.1, 0.15) is 260 Å². The predicted molar refractivity (Wildman–Crippen MR) is 332 cm³/mol. The van der Waals surface area contributed by atoms with Gasteiger partial charge in [0.2, 0.25) is 0 Å². The number of carbonyl (C=O) groups is 3. The van der Waals surface area contributed by atoms with Gasteiger partial charge in [-0.3, -0.25) is 36.7 Å². The molecule has 0 aliphatic rings. The third-order valence-corrected chi connectivity index (χ3v) is 16.7. The number of unbranched alkanes of at least 4 members (excludes halogenated alkanes) is 24. The first-order valence-electron chi connectivity index (χ1n) is 32.6. The van der Waals surface area contributed by atoms with Gasteiger partial charge in [-0.2, -0.15) is 0 Å². The Hall–Kier alpha value is -2.17. The number of esters is 2. The Bertz CT molecular complexity index is 1500. The summed E-state index contributed by atoms with van der Waals surface area (Å²) in [5.41, 5.74) is 0. The van der Waals surface area contributed by atoms with Crippen molar-refractivity contribution < 1.29 is 69.6 Å². The maximum absolute atomic E-state index is 13.5. The molecule has 0 rings (SSSR count). The van der Waals surface area contributed by atoms with Crippen LogP contribution in [0.5, 0.6) is 0 Å². The molecule has 2 N–H and O–H groups in total. The molecule has 2 amide bonds. The highest BCUT2D eigenvalue weighted by Crippen LogP contribution is 2.50. The average molecular weight is 1210 g/mol. The molecule has 0 fully saturated rings. The number of phosphoric acid groups is 2. The maximum atomic E-state index is 13.5. The lowest BCUT2D eigenvalue weighted by molar-refractivity contribution is -0.151. The fourth-order valence-electron chi connectivity index (χ4n) is 8.88. The second kappa shape index (κ2) is 57.9. The van der Waals surface area contributed by atoms with Gasteiger partial charge in [-0.25, -0.2) is 13.9 Å². The minimum Gasteiger partial charge on any atom is -0.462 e. The van der Waals surface area contributed by atoms with Gasteiger partial charge in [0, 0.05) is 50.6 Å². The van der Waals surface area contributed by atoms with E-state index in [4.69, 9.17) is 46.1 Å². The number of carbonyl (C=O) groups excluding carboxylic acids is 3. The molecule has 0 saturated heterocycles. The van der Waals surface area contributed by atoms with Gasteiger partial charge in [-0.1, -0.05) is 208 Å². The van der Waals surface area contributed by atoms with Crippen LogP contribution >= 0.6 is 15.6 Å². The fraction of sp³-hybridized carbons (Fsp3) is 0.889. The number of amides is 2. The van der Waals surface area contributed by atoms with E-state index in [-0.39, 0.29) is 88.7 Å². The molecule has 6 atom stereocenters. The molecule has 0 bridgehead atoms.